The summed E-state index contributed by atoms with van der Waals surface area (Å²) in [5.41, 5.74) is 1.01. The fourth-order valence-electron chi connectivity index (χ4n) is 2.80. The minimum atomic E-state index is -3.39. The van der Waals surface area contributed by atoms with Gasteiger partial charge in [0.25, 0.3) is 0 Å². The van der Waals surface area contributed by atoms with E-state index in [4.69, 9.17) is 0 Å². The van der Waals surface area contributed by atoms with Crippen molar-refractivity contribution in [2.45, 2.75) is 51.1 Å². The van der Waals surface area contributed by atoms with Gasteiger partial charge in [-0.2, -0.15) is 4.31 Å². The van der Waals surface area contributed by atoms with Crippen molar-refractivity contribution in [3.05, 3.63) is 29.8 Å². The number of rotatable bonds is 5. The maximum atomic E-state index is 12.9. The van der Waals surface area contributed by atoms with Crippen molar-refractivity contribution in [3.63, 3.8) is 0 Å². The Kier molecular flexibility index (Phi) is 5.41. The monoisotopic (exact) mass is 310 g/mol. The Labute approximate surface area is 128 Å². The molecule has 4 nitrogen and oxygen atoms in total. The number of nitrogens with one attached hydrogen (secondary N) is 1. The summed E-state index contributed by atoms with van der Waals surface area (Å²) in [6.07, 6.45) is 2.05. The highest BCUT2D eigenvalue weighted by molar-refractivity contribution is 7.89. The van der Waals surface area contributed by atoms with Gasteiger partial charge < -0.3 is 5.32 Å². The third-order valence-corrected chi connectivity index (χ3v) is 6.12. The Morgan fingerprint density at radius 3 is 2.76 bits per heavy atom. The number of hydrogen-bond acceptors (Lipinski definition) is 3. The lowest BCUT2D eigenvalue weighted by Crippen LogP contribution is -2.44. The van der Waals surface area contributed by atoms with Crippen LogP contribution in [0.3, 0.4) is 0 Å². The van der Waals surface area contributed by atoms with Gasteiger partial charge in [0.05, 0.1) is 4.90 Å². The van der Waals surface area contributed by atoms with Crippen LogP contribution < -0.4 is 5.32 Å². The van der Waals surface area contributed by atoms with Crippen LogP contribution in [0, 0.1) is 5.92 Å². The van der Waals surface area contributed by atoms with Gasteiger partial charge in [0, 0.05) is 19.1 Å². The Balaban J connectivity index is 2.26. The summed E-state index contributed by atoms with van der Waals surface area (Å²) in [7, 11) is -3.39. The molecule has 0 saturated carbocycles. The molecule has 0 amide bonds. The largest absolute Gasteiger partial charge is 0.313 e. The fraction of sp³-hybridized carbons (Fsp3) is 0.625. The Hall–Kier alpha value is -0.910. The predicted octanol–water partition coefficient (Wildman–Crippen LogP) is 2.61. The molecule has 1 aliphatic heterocycles. The molecule has 0 aromatic heterocycles. The van der Waals surface area contributed by atoms with Crippen molar-refractivity contribution < 1.29 is 8.42 Å². The molecule has 2 atom stereocenters. The zero-order chi connectivity index (χ0) is 15.5. The summed E-state index contributed by atoms with van der Waals surface area (Å²) >= 11 is 0. The molecular weight excluding hydrogens is 284 g/mol. The third-order valence-electron chi connectivity index (χ3n) is 4.14. The van der Waals surface area contributed by atoms with Crippen LogP contribution >= 0.6 is 0 Å². The van der Waals surface area contributed by atoms with Crippen molar-refractivity contribution in [3.8, 4) is 0 Å². The summed E-state index contributed by atoms with van der Waals surface area (Å²) < 4.78 is 27.4. The Morgan fingerprint density at radius 2 is 2.05 bits per heavy atom. The van der Waals surface area contributed by atoms with E-state index >= 15 is 0 Å². The topological polar surface area (TPSA) is 49.4 Å². The van der Waals surface area contributed by atoms with Crippen LogP contribution in [0.15, 0.2) is 29.2 Å². The molecule has 1 aromatic rings. The molecule has 1 heterocycles. The second kappa shape index (κ2) is 6.90. The van der Waals surface area contributed by atoms with Crippen LogP contribution in [0.5, 0.6) is 0 Å². The highest BCUT2D eigenvalue weighted by Gasteiger charge is 2.33. The van der Waals surface area contributed by atoms with Gasteiger partial charge >= 0.3 is 0 Å². The van der Waals surface area contributed by atoms with Crippen molar-refractivity contribution in [2.24, 2.45) is 5.92 Å². The molecule has 1 N–H and O–H groups in total. The van der Waals surface area contributed by atoms with Gasteiger partial charge in [-0.15, -0.1) is 0 Å². The molecule has 2 unspecified atom stereocenters. The Bertz CT molecular complexity index is 571. The van der Waals surface area contributed by atoms with Crippen LogP contribution in [0.4, 0.5) is 0 Å². The van der Waals surface area contributed by atoms with E-state index in [1.54, 1.807) is 16.4 Å². The lowest BCUT2D eigenvalue weighted by atomic mass is 9.97. The summed E-state index contributed by atoms with van der Waals surface area (Å²) in [4.78, 5) is 0.416. The van der Waals surface area contributed by atoms with E-state index in [1.807, 2.05) is 26.0 Å². The van der Waals surface area contributed by atoms with E-state index in [9.17, 15) is 8.42 Å². The van der Waals surface area contributed by atoms with Gasteiger partial charge in [-0.1, -0.05) is 26.0 Å². The highest BCUT2D eigenvalue weighted by atomic mass is 32.2. The molecule has 21 heavy (non-hydrogen) atoms. The van der Waals surface area contributed by atoms with Crippen molar-refractivity contribution in [1.29, 1.82) is 0 Å². The molecule has 1 fully saturated rings. The molecule has 2 rings (SSSR count). The van der Waals surface area contributed by atoms with Crippen molar-refractivity contribution in [2.75, 3.05) is 13.1 Å². The molecule has 1 saturated heterocycles. The average molecular weight is 310 g/mol. The SMILES string of the molecule is CCNCc1cccc(S(=O)(=O)N2CC(C)CCC2C)c1. The van der Waals surface area contributed by atoms with Crippen LogP contribution in [-0.2, 0) is 16.6 Å². The smallest absolute Gasteiger partial charge is 0.243 e. The van der Waals surface area contributed by atoms with Crippen molar-refractivity contribution in [1.82, 2.24) is 9.62 Å². The van der Waals surface area contributed by atoms with E-state index in [2.05, 4.69) is 12.2 Å². The van der Waals surface area contributed by atoms with E-state index in [0.717, 1.165) is 24.9 Å². The zero-order valence-electron chi connectivity index (χ0n) is 13.2. The van der Waals surface area contributed by atoms with Gasteiger partial charge in [0.15, 0.2) is 0 Å². The number of benzene rings is 1. The molecule has 1 aromatic carbocycles. The second-order valence-corrected chi connectivity index (χ2v) is 7.92. The lowest BCUT2D eigenvalue weighted by molar-refractivity contribution is 0.218. The number of nitrogens with zero attached hydrogens (tertiary/aromatic N) is 1. The van der Waals surface area contributed by atoms with Crippen LogP contribution in [-0.4, -0.2) is 31.9 Å². The van der Waals surface area contributed by atoms with Gasteiger partial charge in [0.2, 0.25) is 10.0 Å². The summed E-state index contributed by atoms with van der Waals surface area (Å²) in [6, 6.07) is 7.38. The van der Waals surface area contributed by atoms with E-state index in [0.29, 0.717) is 23.9 Å². The molecule has 0 radical (unpaired) electrons. The van der Waals surface area contributed by atoms with E-state index < -0.39 is 10.0 Å². The summed E-state index contributed by atoms with van der Waals surface area (Å²) in [5, 5.41) is 3.23. The molecule has 0 spiro atoms. The quantitative estimate of drug-likeness (QED) is 0.909. The maximum Gasteiger partial charge on any atom is 0.243 e. The molecule has 1 aliphatic rings. The molecular formula is C16H26N2O2S. The highest BCUT2D eigenvalue weighted by Crippen LogP contribution is 2.28. The molecule has 0 aliphatic carbocycles. The normalized spacial score (nSPS) is 24.1. The first kappa shape index (κ1) is 16.5. The van der Waals surface area contributed by atoms with Crippen molar-refractivity contribution >= 4 is 10.0 Å². The van der Waals surface area contributed by atoms with Crippen LogP contribution in [0.1, 0.15) is 39.2 Å². The Morgan fingerprint density at radius 1 is 1.29 bits per heavy atom. The summed E-state index contributed by atoms with van der Waals surface area (Å²) in [6.45, 7) is 8.36. The minimum absolute atomic E-state index is 0.0867. The molecule has 0 bridgehead atoms. The first-order valence-corrected chi connectivity index (χ1v) is 9.20. The molecule has 118 valence electrons. The number of piperidine rings is 1. The van der Waals surface area contributed by atoms with E-state index in [-0.39, 0.29) is 6.04 Å². The van der Waals surface area contributed by atoms with Gasteiger partial charge in [-0.05, 0) is 49.9 Å². The molecule has 5 heteroatoms. The van der Waals surface area contributed by atoms with Crippen LogP contribution in [0.2, 0.25) is 0 Å². The van der Waals surface area contributed by atoms with Gasteiger partial charge in [0.1, 0.15) is 0 Å². The lowest BCUT2D eigenvalue weighted by Gasteiger charge is -2.35. The average Bonchev–Trinajstić information content (AvgIpc) is 2.48. The first-order valence-electron chi connectivity index (χ1n) is 7.76. The van der Waals surface area contributed by atoms with Crippen LogP contribution in [0.25, 0.3) is 0 Å². The van der Waals surface area contributed by atoms with Gasteiger partial charge in [-0.25, -0.2) is 8.42 Å². The van der Waals surface area contributed by atoms with Gasteiger partial charge in [-0.3, -0.25) is 0 Å². The zero-order valence-corrected chi connectivity index (χ0v) is 14.0. The second-order valence-electron chi connectivity index (χ2n) is 6.03. The first-order chi connectivity index (χ1) is 9.95. The predicted molar refractivity (Wildman–Crippen MR) is 85.6 cm³/mol. The van der Waals surface area contributed by atoms with E-state index in [1.165, 1.54) is 0 Å². The summed E-state index contributed by atoms with van der Waals surface area (Å²) in [5.74, 6) is 0.431. The third kappa shape index (κ3) is 3.84. The number of hydrogen-bond donors (Lipinski definition) is 1. The fourth-order valence-corrected chi connectivity index (χ4v) is 4.66. The number of sulfonamides is 1. The maximum absolute atomic E-state index is 12.9. The standard InChI is InChI=1S/C16H26N2O2S/c1-4-17-11-15-6-5-7-16(10-15)21(19,20)18-12-13(2)8-9-14(18)3/h5-7,10,13-14,17H,4,8-9,11-12H2,1-3H3. The minimum Gasteiger partial charge on any atom is -0.313 e.